The van der Waals surface area contributed by atoms with Gasteiger partial charge in [0.05, 0.1) is 9.40 Å². The molecule has 4 aromatic carbocycles. The van der Waals surface area contributed by atoms with Crippen LogP contribution in [0, 0.1) is 10.1 Å². The highest BCUT2D eigenvalue weighted by Gasteiger charge is 2.12. The zero-order chi connectivity index (χ0) is 23.9. The van der Waals surface area contributed by atoms with E-state index in [1.54, 1.807) is 12.1 Å². The van der Waals surface area contributed by atoms with Gasteiger partial charge in [0.2, 0.25) is 0 Å². The number of halogens is 2. The van der Waals surface area contributed by atoms with Gasteiger partial charge in [-0.2, -0.15) is 0 Å². The maximum absolute atomic E-state index is 10.9. The molecule has 0 aliphatic heterocycles. The van der Waals surface area contributed by atoms with E-state index in [0.717, 1.165) is 37.3 Å². The number of hydrogen-bond acceptors (Lipinski definition) is 5. The monoisotopic (exact) mass is 582 g/mol. The van der Waals surface area contributed by atoms with E-state index in [9.17, 15) is 10.1 Å². The molecular weight excluding hydrogens is 564 g/mol. The van der Waals surface area contributed by atoms with Gasteiger partial charge in [0.25, 0.3) is 5.69 Å². The number of ether oxygens (including phenoxy) is 2. The van der Waals surface area contributed by atoms with Crippen molar-refractivity contribution in [2.75, 3.05) is 5.32 Å². The minimum absolute atomic E-state index is 0.0543. The molecule has 4 aromatic rings. The molecule has 0 bridgehead atoms. The Balaban J connectivity index is 1.42. The second-order valence-electron chi connectivity index (χ2n) is 7.38. The van der Waals surface area contributed by atoms with Gasteiger partial charge < -0.3 is 14.8 Å². The summed E-state index contributed by atoms with van der Waals surface area (Å²) in [5.41, 5.74) is 2.79. The third-order valence-corrected chi connectivity index (χ3v) is 5.98. The van der Waals surface area contributed by atoms with E-state index in [-0.39, 0.29) is 12.3 Å². The summed E-state index contributed by atoms with van der Waals surface area (Å²) in [4.78, 5) is 10.4. The molecule has 0 radical (unpaired) electrons. The second-order valence-corrected chi connectivity index (χ2v) is 9.15. The van der Waals surface area contributed by atoms with Crippen LogP contribution >= 0.6 is 31.9 Å². The van der Waals surface area contributed by atoms with Crippen molar-refractivity contribution in [3.05, 3.63) is 121 Å². The fourth-order valence-corrected chi connectivity index (χ4v) is 4.67. The molecule has 0 aromatic heterocycles. The van der Waals surface area contributed by atoms with Gasteiger partial charge in [-0.15, -0.1) is 0 Å². The minimum Gasteiger partial charge on any atom is -0.487 e. The van der Waals surface area contributed by atoms with E-state index in [0.29, 0.717) is 12.3 Å². The van der Waals surface area contributed by atoms with Crippen molar-refractivity contribution in [3.63, 3.8) is 0 Å². The summed E-state index contributed by atoms with van der Waals surface area (Å²) in [5.74, 6) is 2.25. The third-order valence-electron chi connectivity index (χ3n) is 4.93. The highest BCUT2D eigenvalue weighted by atomic mass is 79.9. The fourth-order valence-electron chi connectivity index (χ4n) is 3.24. The van der Waals surface area contributed by atoms with Crippen molar-refractivity contribution in [3.8, 4) is 17.2 Å². The molecule has 172 valence electrons. The Hall–Kier alpha value is -3.36. The van der Waals surface area contributed by atoms with Crippen LogP contribution in [0.3, 0.4) is 0 Å². The lowest BCUT2D eigenvalue weighted by molar-refractivity contribution is -0.384. The molecule has 0 aliphatic rings. The van der Waals surface area contributed by atoms with Crippen LogP contribution in [0.15, 0.2) is 99.9 Å². The maximum Gasteiger partial charge on any atom is 0.269 e. The molecule has 0 aliphatic carbocycles. The summed E-state index contributed by atoms with van der Waals surface area (Å²) < 4.78 is 13.7. The van der Waals surface area contributed by atoms with Gasteiger partial charge in [0.1, 0.15) is 23.9 Å². The molecule has 6 nitrogen and oxygen atoms in total. The molecule has 0 unspecified atom stereocenters. The summed E-state index contributed by atoms with van der Waals surface area (Å²) in [6.07, 6.45) is 0. The Kier molecular flexibility index (Phi) is 7.82. The lowest BCUT2D eigenvalue weighted by Gasteiger charge is -2.16. The first-order chi connectivity index (χ1) is 16.5. The first-order valence-corrected chi connectivity index (χ1v) is 12.0. The molecule has 0 saturated carbocycles. The Morgan fingerprint density at radius 2 is 1.53 bits per heavy atom. The molecule has 34 heavy (non-hydrogen) atoms. The van der Waals surface area contributed by atoms with Crippen LogP contribution in [0.2, 0.25) is 0 Å². The van der Waals surface area contributed by atoms with E-state index < -0.39 is 4.92 Å². The largest absolute Gasteiger partial charge is 0.487 e. The van der Waals surface area contributed by atoms with Gasteiger partial charge in [-0.3, -0.25) is 10.1 Å². The van der Waals surface area contributed by atoms with Gasteiger partial charge in [-0.05, 0) is 82.2 Å². The predicted octanol–water partition coefficient (Wildman–Crippen LogP) is 8.10. The average molecular weight is 584 g/mol. The summed E-state index contributed by atoms with van der Waals surface area (Å²) in [5, 5.41) is 14.3. The van der Waals surface area contributed by atoms with Crippen molar-refractivity contribution in [1.29, 1.82) is 0 Å². The smallest absolute Gasteiger partial charge is 0.269 e. The third kappa shape index (κ3) is 6.36. The summed E-state index contributed by atoms with van der Waals surface area (Å²) >= 11 is 7.12. The Bertz CT molecular complexity index is 1260. The van der Waals surface area contributed by atoms with Crippen LogP contribution in [0.5, 0.6) is 17.2 Å². The van der Waals surface area contributed by atoms with Crippen LogP contribution < -0.4 is 14.8 Å². The van der Waals surface area contributed by atoms with Crippen LogP contribution in [0.1, 0.15) is 11.1 Å². The van der Waals surface area contributed by atoms with Gasteiger partial charge in [0.15, 0.2) is 0 Å². The highest BCUT2D eigenvalue weighted by molar-refractivity contribution is 9.11. The number of anilines is 1. The number of nitro groups is 1. The number of nitrogens with zero attached hydrogens (tertiary/aromatic N) is 1. The van der Waals surface area contributed by atoms with Gasteiger partial charge >= 0.3 is 0 Å². The molecule has 1 N–H and O–H groups in total. The number of hydrogen-bond donors (Lipinski definition) is 1. The van der Waals surface area contributed by atoms with Crippen LogP contribution in [0.25, 0.3) is 0 Å². The zero-order valence-electron chi connectivity index (χ0n) is 17.9. The Morgan fingerprint density at radius 3 is 2.21 bits per heavy atom. The van der Waals surface area contributed by atoms with E-state index in [1.807, 2.05) is 66.7 Å². The van der Waals surface area contributed by atoms with Crippen molar-refractivity contribution in [2.24, 2.45) is 0 Å². The van der Waals surface area contributed by atoms with E-state index >= 15 is 0 Å². The van der Waals surface area contributed by atoms with Crippen LogP contribution in [0.4, 0.5) is 11.4 Å². The minimum atomic E-state index is -0.417. The lowest BCUT2D eigenvalue weighted by Crippen LogP contribution is -2.05. The average Bonchev–Trinajstić information content (AvgIpc) is 2.84. The Labute approximate surface area is 213 Å². The first kappa shape index (κ1) is 23.8. The van der Waals surface area contributed by atoms with Gasteiger partial charge in [-0.1, -0.05) is 34.1 Å². The molecule has 0 heterocycles. The van der Waals surface area contributed by atoms with E-state index in [2.05, 4.69) is 37.2 Å². The van der Waals surface area contributed by atoms with Crippen molar-refractivity contribution in [1.82, 2.24) is 0 Å². The van der Waals surface area contributed by atoms with Gasteiger partial charge in [0, 0.05) is 34.4 Å². The van der Waals surface area contributed by atoms with E-state index in [4.69, 9.17) is 9.47 Å². The fraction of sp³-hybridized carbons (Fsp3) is 0.0769. The summed E-state index contributed by atoms with van der Waals surface area (Å²) in [7, 11) is 0. The molecule has 0 spiro atoms. The second kappa shape index (κ2) is 11.2. The lowest BCUT2D eigenvalue weighted by atomic mass is 10.2. The number of non-ortho nitro benzene ring substituents is 1. The molecule has 0 atom stereocenters. The van der Waals surface area contributed by atoms with Crippen LogP contribution in [-0.4, -0.2) is 4.92 Å². The standard InChI is InChI=1S/C26H20Br2N2O4/c27-20-14-19(16-29-21-8-12-24(13-9-21)34-23-4-2-1-3-5-23)26(25(28)15-20)33-17-18-6-10-22(11-7-18)30(31)32/h1-15,29H,16-17H2. The van der Waals surface area contributed by atoms with Crippen molar-refractivity contribution in [2.45, 2.75) is 13.2 Å². The Morgan fingerprint density at radius 1 is 0.853 bits per heavy atom. The van der Waals surface area contributed by atoms with Crippen LogP contribution in [-0.2, 0) is 13.2 Å². The zero-order valence-corrected chi connectivity index (χ0v) is 21.1. The quantitative estimate of drug-likeness (QED) is 0.159. The molecule has 8 heteroatoms. The number of nitrogens with one attached hydrogen (secondary N) is 1. The van der Waals surface area contributed by atoms with Gasteiger partial charge in [-0.25, -0.2) is 0 Å². The predicted molar refractivity (Wildman–Crippen MR) is 140 cm³/mol. The summed E-state index contributed by atoms with van der Waals surface area (Å²) in [6, 6.07) is 27.7. The number of benzene rings is 4. The number of para-hydroxylation sites is 1. The van der Waals surface area contributed by atoms with E-state index in [1.165, 1.54) is 12.1 Å². The summed E-state index contributed by atoms with van der Waals surface area (Å²) in [6.45, 7) is 0.823. The van der Waals surface area contributed by atoms with Crippen molar-refractivity contribution < 1.29 is 14.4 Å². The number of nitro benzene ring substituents is 1. The SMILES string of the molecule is O=[N+]([O-])c1ccc(COc2c(Br)cc(Br)cc2CNc2ccc(Oc3ccccc3)cc2)cc1. The highest BCUT2D eigenvalue weighted by Crippen LogP contribution is 2.34. The van der Waals surface area contributed by atoms with Crippen molar-refractivity contribution >= 4 is 43.2 Å². The normalized spacial score (nSPS) is 10.5. The first-order valence-electron chi connectivity index (χ1n) is 10.4. The molecular formula is C26H20Br2N2O4. The number of rotatable bonds is 9. The topological polar surface area (TPSA) is 73.6 Å². The molecule has 0 amide bonds. The maximum atomic E-state index is 10.9. The molecule has 0 saturated heterocycles. The molecule has 0 fully saturated rings. The molecule has 4 rings (SSSR count).